The number of ether oxygens (including phenoxy) is 1. The lowest BCUT2D eigenvalue weighted by molar-refractivity contribution is -0.0587. The van der Waals surface area contributed by atoms with Gasteiger partial charge in [0, 0.05) is 24.2 Å². The topological polar surface area (TPSA) is 42.4 Å². The van der Waals surface area contributed by atoms with E-state index in [2.05, 4.69) is 37.0 Å². The molecule has 1 amide bonds. The molecule has 1 aromatic carbocycles. The third-order valence-electron chi connectivity index (χ3n) is 4.25. The summed E-state index contributed by atoms with van der Waals surface area (Å²) in [6.07, 6.45) is 1.85. The maximum atomic E-state index is 13.1. The van der Waals surface area contributed by atoms with Gasteiger partial charge in [0.2, 0.25) is 0 Å². The van der Waals surface area contributed by atoms with Crippen LogP contribution in [0.2, 0.25) is 0 Å². The first kappa shape index (κ1) is 18.0. The molecule has 0 aliphatic carbocycles. The van der Waals surface area contributed by atoms with Crippen LogP contribution in [-0.2, 0) is 4.74 Å². The van der Waals surface area contributed by atoms with Crippen molar-refractivity contribution in [2.75, 3.05) is 13.1 Å². The monoisotopic (exact) mass is 356 g/mol. The van der Waals surface area contributed by atoms with E-state index in [9.17, 15) is 4.79 Å². The van der Waals surface area contributed by atoms with Crippen molar-refractivity contribution in [3.63, 3.8) is 0 Å². The second-order valence-corrected chi connectivity index (χ2v) is 7.73. The van der Waals surface area contributed by atoms with E-state index in [1.807, 2.05) is 30.9 Å². The number of amides is 1. The van der Waals surface area contributed by atoms with Crippen LogP contribution < -0.4 is 0 Å². The maximum absolute atomic E-state index is 13.1. The number of aryl methyl sites for hydroxylation is 2. The highest BCUT2D eigenvalue weighted by Gasteiger charge is 2.28. The zero-order chi connectivity index (χ0) is 18.0. The Morgan fingerprint density at radius 2 is 1.92 bits per heavy atom. The number of hydrogen-bond acceptors (Lipinski definition) is 4. The molecule has 25 heavy (non-hydrogen) atoms. The van der Waals surface area contributed by atoms with Gasteiger partial charge in [-0.3, -0.25) is 4.79 Å². The van der Waals surface area contributed by atoms with Crippen molar-refractivity contribution in [2.45, 2.75) is 49.8 Å². The summed E-state index contributed by atoms with van der Waals surface area (Å²) in [6, 6.07) is 10.0. The number of nitrogens with zero attached hydrogens (tertiary/aromatic N) is 2. The molecule has 2 unspecified atom stereocenters. The molecule has 2 heterocycles. The van der Waals surface area contributed by atoms with E-state index in [-0.39, 0.29) is 18.1 Å². The minimum Gasteiger partial charge on any atom is -0.372 e. The summed E-state index contributed by atoms with van der Waals surface area (Å²) in [5.41, 5.74) is 3.09. The number of carbonyl (C=O) groups excluding carboxylic acids is 1. The van der Waals surface area contributed by atoms with Gasteiger partial charge in [-0.15, -0.1) is 0 Å². The zero-order valence-corrected chi connectivity index (χ0v) is 16.0. The van der Waals surface area contributed by atoms with Crippen LogP contribution in [0.25, 0.3) is 0 Å². The third kappa shape index (κ3) is 4.22. The Kier molecular flexibility index (Phi) is 5.45. The summed E-state index contributed by atoms with van der Waals surface area (Å²) >= 11 is 1.55. The van der Waals surface area contributed by atoms with Gasteiger partial charge in [-0.2, -0.15) is 0 Å². The van der Waals surface area contributed by atoms with Crippen molar-refractivity contribution in [1.29, 1.82) is 0 Å². The van der Waals surface area contributed by atoms with Gasteiger partial charge < -0.3 is 9.64 Å². The Morgan fingerprint density at radius 1 is 1.20 bits per heavy atom. The van der Waals surface area contributed by atoms with Gasteiger partial charge in [0.1, 0.15) is 5.03 Å². The molecule has 132 valence electrons. The summed E-state index contributed by atoms with van der Waals surface area (Å²) in [7, 11) is 0. The Morgan fingerprint density at radius 3 is 2.60 bits per heavy atom. The van der Waals surface area contributed by atoms with Gasteiger partial charge >= 0.3 is 0 Å². The number of carbonyl (C=O) groups is 1. The summed E-state index contributed by atoms with van der Waals surface area (Å²) in [5, 5.41) is 0.756. The van der Waals surface area contributed by atoms with E-state index in [1.165, 1.54) is 11.1 Å². The second-order valence-electron chi connectivity index (χ2n) is 6.69. The van der Waals surface area contributed by atoms with E-state index in [0.717, 1.165) is 9.92 Å². The minimum absolute atomic E-state index is 0.0300. The Balaban J connectivity index is 1.86. The molecule has 1 aliphatic heterocycles. The second kappa shape index (κ2) is 7.58. The summed E-state index contributed by atoms with van der Waals surface area (Å²) in [6.45, 7) is 9.41. The predicted octanol–water partition coefficient (Wildman–Crippen LogP) is 4.10. The average Bonchev–Trinajstić information content (AvgIpc) is 2.56. The minimum atomic E-state index is 0.0300. The van der Waals surface area contributed by atoms with Crippen LogP contribution in [0.3, 0.4) is 0 Å². The van der Waals surface area contributed by atoms with Gasteiger partial charge in [0.05, 0.1) is 17.8 Å². The maximum Gasteiger partial charge on any atom is 0.256 e. The van der Waals surface area contributed by atoms with E-state index in [4.69, 9.17) is 4.74 Å². The highest BCUT2D eigenvalue weighted by atomic mass is 32.2. The van der Waals surface area contributed by atoms with Crippen molar-refractivity contribution in [3.8, 4) is 0 Å². The first-order valence-electron chi connectivity index (χ1n) is 8.59. The molecular formula is C20H24N2O2S. The van der Waals surface area contributed by atoms with Crippen LogP contribution in [0.5, 0.6) is 0 Å². The number of hydrogen-bond donors (Lipinski definition) is 0. The predicted molar refractivity (Wildman–Crippen MR) is 100 cm³/mol. The molecule has 4 nitrogen and oxygen atoms in total. The Labute approximate surface area is 153 Å². The summed E-state index contributed by atoms with van der Waals surface area (Å²) in [5.74, 6) is 0.0300. The fourth-order valence-electron chi connectivity index (χ4n) is 3.17. The van der Waals surface area contributed by atoms with Crippen LogP contribution in [-0.4, -0.2) is 41.1 Å². The molecule has 1 aromatic heterocycles. The van der Waals surface area contributed by atoms with Crippen molar-refractivity contribution >= 4 is 17.7 Å². The average molecular weight is 356 g/mol. The number of morpholine rings is 1. The van der Waals surface area contributed by atoms with E-state index in [0.29, 0.717) is 18.7 Å². The standard InChI is InChI=1S/C20H24N2O2S/c1-13-7-8-18(14(2)10-13)25-19-17(6-5-9-21-19)20(23)22-11-15(3)24-16(4)12-22/h5-10,15-16H,11-12H2,1-4H3. The fourth-order valence-corrected chi connectivity index (χ4v) is 4.11. The number of pyridine rings is 1. The first-order chi connectivity index (χ1) is 11.9. The molecule has 0 bridgehead atoms. The van der Waals surface area contributed by atoms with Gasteiger partial charge in [-0.1, -0.05) is 29.5 Å². The summed E-state index contributed by atoms with van der Waals surface area (Å²) < 4.78 is 5.74. The smallest absolute Gasteiger partial charge is 0.256 e. The Hall–Kier alpha value is -1.85. The molecule has 1 aliphatic rings. The van der Waals surface area contributed by atoms with Crippen LogP contribution in [0.15, 0.2) is 46.5 Å². The molecule has 0 saturated carbocycles. The molecule has 0 radical (unpaired) electrons. The largest absolute Gasteiger partial charge is 0.372 e. The van der Waals surface area contributed by atoms with Crippen molar-refractivity contribution in [2.24, 2.45) is 0 Å². The lowest BCUT2D eigenvalue weighted by Gasteiger charge is -2.35. The highest BCUT2D eigenvalue weighted by Crippen LogP contribution is 2.32. The SMILES string of the molecule is Cc1ccc(Sc2ncccc2C(=O)N2CC(C)OC(C)C2)c(C)c1. The molecule has 1 fully saturated rings. The lowest BCUT2D eigenvalue weighted by Crippen LogP contribution is -2.48. The van der Waals surface area contributed by atoms with E-state index >= 15 is 0 Å². The molecule has 5 heteroatoms. The highest BCUT2D eigenvalue weighted by molar-refractivity contribution is 7.99. The van der Waals surface area contributed by atoms with Gasteiger partial charge in [-0.25, -0.2) is 4.98 Å². The molecule has 1 saturated heterocycles. The quantitative estimate of drug-likeness (QED) is 0.830. The normalized spacial score (nSPS) is 20.6. The van der Waals surface area contributed by atoms with Crippen LogP contribution in [0, 0.1) is 13.8 Å². The number of rotatable bonds is 3. The fraction of sp³-hybridized carbons (Fsp3) is 0.400. The lowest BCUT2D eigenvalue weighted by atomic mass is 10.2. The Bertz CT molecular complexity index is 768. The van der Waals surface area contributed by atoms with E-state index in [1.54, 1.807) is 18.0 Å². The molecule has 2 atom stereocenters. The van der Waals surface area contributed by atoms with E-state index < -0.39 is 0 Å². The van der Waals surface area contributed by atoms with Gasteiger partial charge in [0.25, 0.3) is 5.91 Å². The van der Waals surface area contributed by atoms with Gasteiger partial charge in [0.15, 0.2) is 0 Å². The van der Waals surface area contributed by atoms with Crippen molar-refractivity contribution in [1.82, 2.24) is 9.88 Å². The first-order valence-corrected chi connectivity index (χ1v) is 9.40. The molecule has 0 spiro atoms. The van der Waals surface area contributed by atoms with Crippen molar-refractivity contribution < 1.29 is 9.53 Å². The molecular weight excluding hydrogens is 332 g/mol. The molecule has 0 N–H and O–H groups in total. The van der Waals surface area contributed by atoms with Crippen molar-refractivity contribution in [3.05, 3.63) is 53.2 Å². The third-order valence-corrected chi connectivity index (χ3v) is 5.44. The van der Waals surface area contributed by atoms with Crippen LogP contribution in [0.1, 0.15) is 35.3 Å². The zero-order valence-electron chi connectivity index (χ0n) is 15.2. The molecule has 2 aromatic rings. The van der Waals surface area contributed by atoms with Crippen LogP contribution >= 0.6 is 11.8 Å². The molecule has 3 rings (SSSR count). The number of aromatic nitrogens is 1. The number of benzene rings is 1. The van der Waals surface area contributed by atoms with Crippen LogP contribution in [0.4, 0.5) is 0 Å². The summed E-state index contributed by atoms with van der Waals surface area (Å²) in [4.78, 5) is 20.5. The van der Waals surface area contributed by atoms with Gasteiger partial charge in [-0.05, 0) is 51.5 Å².